The summed E-state index contributed by atoms with van der Waals surface area (Å²) in [7, 11) is -1.81. The van der Waals surface area contributed by atoms with Gasteiger partial charge in [0.2, 0.25) is 0 Å². The Morgan fingerprint density at radius 3 is 2.76 bits per heavy atom. The van der Waals surface area contributed by atoms with Crippen molar-refractivity contribution >= 4 is 27.9 Å². The van der Waals surface area contributed by atoms with E-state index in [1.165, 1.54) is 10.6 Å². The Morgan fingerprint density at radius 2 is 1.95 bits per heavy atom. The molecule has 0 aliphatic carbocycles. The summed E-state index contributed by atoms with van der Waals surface area (Å²) in [6.07, 6.45) is 1.34. The Labute approximate surface area is 123 Å². The number of rotatable bonds is 3. The van der Waals surface area contributed by atoms with E-state index in [-0.39, 0.29) is 11.4 Å². The fraction of sp³-hybridized carbons (Fsp3) is 0.143. The molecule has 1 aliphatic rings. The highest BCUT2D eigenvalue weighted by molar-refractivity contribution is 7.89. The molecule has 3 rings (SSSR count). The van der Waals surface area contributed by atoms with Gasteiger partial charge in [0.05, 0.1) is 17.9 Å². The van der Waals surface area contributed by atoms with E-state index in [4.69, 9.17) is 0 Å². The third-order valence-electron chi connectivity index (χ3n) is 3.16. The lowest BCUT2D eigenvalue weighted by Crippen LogP contribution is -2.31. The summed E-state index contributed by atoms with van der Waals surface area (Å²) in [5.74, 6) is 0.694. The first-order valence-electron chi connectivity index (χ1n) is 6.40. The van der Waals surface area contributed by atoms with Gasteiger partial charge in [-0.2, -0.15) is 0 Å². The molecule has 0 radical (unpaired) electrons. The molecule has 2 heterocycles. The molecule has 1 aromatic carbocycles. The highest BCUT2D eigenvalue weighted by Gasteiger charge is 2.28. The molecule has 0 saturated heterocycles. The summed E-state index contributed by atoms with van der Waals surface area (Å²) in [4.78, 5) is 8.73. The number of fused-ring (bicyclic) bond motifs is 1. The van der Waals surface area contributed by atoms with Crippen LogP contribution in [0.4, 0.5) is 11.5 Å². The molecular formula is C14H14N4O2S. The highest BCUT2D eigenvalue weighted by Crippen LogP contribution is 2.30. The molecule has 0 atom stereocenters. The van der Waals surface area contributed by atoms with Crippen molar-refractivity contribution in [1.29, 1.82) is 0 Å². The van der Waals surface area contributed by atoms with Crippen molar-refractivity contribution in [2.45, 2.75) is 11.4 Å². The standard InChI is InChI=1S/C14H14N4O2S/c1-15-14-8-4-5-11(17-14)9-18-10-16-12-6-2-3-7-13(12)21(18,19)20/h2-8,10H,9H2,1H3,(H,15,17). The number of hydrogen-bond acceptors (Lipinski definition) is 5. The van der Waals surface area contributed by atoms with Crippen molar-refractivity contribution in [3.05, 3.63) is 48.2 Å². The molecule has 0 saturated carbocycles. The number of aromatic nitrogens is 1. The number of anilines is 1. The number of sulfonamides is 1. The molecule has 21 heavy (non-hydrogen) atoms. The SMILES string of the molecule is CNc1cccc(CN2C=Nc3ccccc3S2(=O)=O)n1. The van der Waals surface area contributed by atoms with Crippen LogP contribution in [0.2, 0.25) is 0 Å². The normalized spacial score (nSPS) is 15.6. The largest absolute Gasteiger partial charge is 0.373 e. The number of benzene rings is 1. The van der Waals surface area contributed by atoms with Crippen LogP contribution >= 0.6 is 0 Å². The maximum atomic E-state index is 12.6. The van der Waals surface area contributed by atoms with Gasteiger partial charge >= 0.3 is 0 Å². The number of aliphatic imine (C=N–C) groups is 1. The van der Waals surface area contributed by atoms with E-state index >= 15 is 0 Å². The zero-order chi connectivity index (χ0) is 14.9. The Morgan fingerprint density at radius 1 is 1.14 bits per heavy atom. The van der Waals surface area contributed by atoms with E-state index in [0.29, 0.717) is 17.2 Å². The van der Waals surface area contributed by atoms with Crippen molar-refractivity contribution in [2.24, 2.45) is 4.99 Å². The first kappa shape index (κ1) is 13.6. The lowest BCUT2D eigenvalue weighted by Gasteiger charge is -2.23. The molecule has 0 bridgehead atoms. The highest BCUT2D eigenvalue weighted by atomic mass is 32.2. The second kappa shape index (κ2) is 5.17. The van der Waals surface area contributed by atoms with Gasteiger partial charge in [-0.25, -0.2) is 18.4 Å². The molecule has 0 fully saturated rings. The van der Waals surface area contributed by atoms with Crippen LogP contribution in [0.3, 0.4) is 0 Å². The average molecular weight is 302 g/mol. The fourth-order valence-electron chi connectivity index (χ4n) is 2.09. The van der Waals surface area contributed by atoms with Crippen molar-refractivity contribution < 1.29 is 8.42 Å². The maximum Gasteiger partial charge on any atom is 0.267 e. The van der Waals surface area contributed by atoms with E-state index in [2.05, 4.69) is 15.3 Å². The summed E-state index contributed by atoms with van der Waals surface area (Å²) < 4.78 is 26.3. The van der Waals surface area contributed by atoms with Crippen LogP contribution in [0.1, 0.15) is 5.69 Å². The fourth-order valence-corrected chi connectivity index (χ4v) is 3.45. The Kier molecular flexibility index (Phi) is 3.34. The van der Waals surface area contributed by atoms with Gasteiger partial charge in [0.25, 0.3) is 10.0 Å². The van der Waals surface area contributed by atoms with E-state index < -0.39 is 10.0 Å². The van der Waals surface area contributed by atoms with Crippen LogP contribution in [-0.2, 0) is 16.6 Å². The first-order chi connectivity index (χ1) is 10.1. The molecule has 1 aliphatic heterocycles. The van der Waals surface area contributed by atoms with Crippen molar-refractivity contribution in [3.63, 3.8) is 0 Å². The minimum absolute atomic E-state index is 0.148. The summed E-state index contributed by atoms with van der Waals surface area (Å²) >= 11 is 0. The van der Waals surface area contributed by atoms with Gasteiger partial charge in [-0.1, -0.05) is 18.2 Å². The van der Waals surface area contributed by atoms with Crippen molar-refractivity contribution in [1.82, 2.24) is 9.29 Å². The van der Waals surface area contributed by atoms with Crippen LogP contribution in [0.25, 0.3) is 0 Å². The zero-order valence-corrected chi connectivity index (χ0v) is 12.2. The number of pyridine rings is 1. The Balaban J connectivity index is 1.94. The second-order valence-electron chi connectivity index (χ2n) is 4.53. The molecule has 0 unspecified atom stereocenters. The molecule has 0 spiro atoms. The van der Waals surface area contributed by atoms with Crippen LogP contribution in [-0.4, -0.2) is 31.1 Å². The number of nitrogens with zero attached hydrogens (tertiary/aromatic N) is 3. The van der Waals surface area contributed by atoms with Gasteiger partial charge in [0.15, 0.2) is 0 Å². The lowest BCUT2D eigenvalue weighted by atomic mass is 10.3. The third-order valence-corrected chi connectivity index (χ3v) is 4.90. The average Bonchev–Trinajstić information content (AvgIpc) is 2.51. The quantitative estimate of drug-likeness (QED) is 0.941. The van der Waals surface area contributed by atoms with E-state index in [0.717, 1.165) is 0 Å². The third kappa shape index (κ3) is 2.47. The van der Waals surface area contributed by atoms with Crippen LogP contribution < -0.4 is 5.32 Å². The topological polar surface area (TPSA) is 74.7 Å². The molecule has 108 valence electrons. The van der Waals surface area contributed by atoms with Crippen LogP contribution in [0.15, 0.2) is 52.4 Å². The van der Waals surface area contributed by atoms with E-state index in [1.807, 2.05) is 12.1 Å². The maximum absolute atomic E-state index is 12.6. The van der Waals surface area contributed by atoms with E-state index in [1.54, 1.807) is 37.4 Å². The lowest BCUT2D eigenvalue weighted by molar-refractivity contribution is 0.518. The molecule has 7 heteroatoms. The molecule has 6 nitrogen and oxygen atoms in total. The number of para-hydroxylation sites is 1. The van der Waals surface area contributed by atoms with Crippen molar-refractivity contribution in [2.75, 3.05) is 12.4 Å². The van der Waals surface area contributed by atoms with Gasteiger partial charge in [0, 0.05) is 7.05 Å². The smallest absolute Gasteiger partial charge is 0.267 e. The predicted molar refractivity (Wildman–Crippen MR) is 81.1 cm³/mol. The van der Waals surface area contributed by atoms with Gasteiger partial charge < -0.3 is 5.32 Å². The zero-order valence-electron chi connectivity index (χ0n) is 11.4. The molecule has 2 aromatic rings. The molecule has 0 amide bonds. The van der Waals surface area contributed by atoms with Gasteiger partial charge in [0.1, 0.15) is 17.1 Å². The summed E-state index contributed by atoms with van der Waals surface area (Å²) in [6, 6.07) is 12.1. The molecular weight excluding hydrogens is 288 g/mol. The van der Waals surface area contributed by atoms with Crippen molar-refractivity contribution in [3.8, 4) is 0 Å². The Hall–Kier alpha value is -2.41. The monoisotopic (exact) mass is 302 g/mol. The Bertz CT molecular complexity index is 802. The predicted octanol–water partition coefficient (Wildman–Crippen LogP) is 1.99. The number of hydrogen-bond donors (Lipinski definition) is 1. The van der Waals surface area contributed by atoms with Crippen LogP contribution in [0, 0.1) is 0 Å². The minimum atomic E-state index is -3.58. The first-order valence-corrected chi connectivity index (χ1v) is 7.84. The summed E-state index contributed by atoms with van der Waals surface area (Å²) in [6.45, 7) is 0.148. The van der Waals surface area contributed by atoms with Crippen LogP contribution in [0.5, 0.6) is 0 Å². The van der Waals surface area contributed by atoms with Gasteiger partial charge in [-0.3, -0.25) is 4.31 Å². The number of nitrogens with one attached hydrogen (secondary N) is 1. The minimum Gasteiger partial charge on any atom is -0.373 e. The van der Waals surface area contributed by atoms with E-state index in [9.17, 15) is 8.42 Å². The second-order valence-corrected chi connectivity index (χ2v) is 6.39. The molecule has 1 N–H and O–H groups in total. The summed E-state index contributed by atoms with van der Waals surface area (Å²) in [5.41, 5.74) is 1.11. The van der Waals surface area contributed by atoms with Gasteiger partial charge in [-0.15, -0.1) is 0 Å². The molecule has 1 aromatic heterocycles. The summed E-state index contributed by atoms with van der Waals surface area (Å²) in [5, 5.41) is 2.93. The van der Waals surface area contributed by atoms with Gasteiger partial charge in [-0.05, 0) is 24.3 Å².